The molecule has 3 saturated carbocycles. The van der Waals surface area contributed by atoms with Gasteiger partial charge in [0.15, 0.2) is 0 Å². The fraction of sp³-hybridized carbons (Fsp3) is 0.806. The molecule has 0 bridgehead atoms. The highest BCUT2D eigenvalue weighted by molar-refractivity contribution is 5.37. The first-order valence-electron chi connectivity index (χ1n) is 14.9. The zero-order valence-corrected chi connectivity index (χ0v) is 22.4. The molecule has 7 rings (SSSR count). The minimum absolute atomic E-state index is 0.0860. The van der Waals surface area contributed by atoms with E-state index in [1.165, 1.54) is 70.0 Å². The molecule has 2 aliphatic heterocycles. The van der Waals surface area contributed by atoms with E-state index < -0.39 is 0 Å². The monoisotopic (exact) mass is 495 g/mol. The molecule has 6 aliphatic rings. The topological polar surface area (TPSA) is 47.4 Å². The molecule has 0 N–H and O–H groups in total. The lowest BCUT2D eigenvalue weighted by Crippen LogP contribution is -2.55. The van der Waals surface area contributed by atoms with Gasteiger partial charge in [0.05, 0.1) is 44.6 Å². The zero-order valence-electron chi connectivity index (χ0n) is 22.4. The lowest BCUT2D eigenvalue weighted by atomic mass is 9.46. The molecule has 5 heteroatoms. The average molecular weight is 496 g/mol. The van der Waals surface area contributed by atoms with Crippen LogP contribution in [-0.4, -0.2) is 62.2 Å². The van der Waals surface area contributed by atoms with E-state index in [9.17, 15) is 0 Å². The summed E-state index contributed by atoms with van der Waals surface area (Å²) in [6.07, 6.45) is 18.5. The summed E-state index contributed by atoms with van der Waals surface area (Å²) < 4.78 is 24.4. The van der Waals surface area contributed by atoms with Crippen LogP contribution in [0.4, 0.5) is 0 Å². The molecule has 0 radical (unpaired) electrons. The lowest BCUT2D eigenvalue weighted by molar-refractivity contribution is -0.0826. The van der Waals surface area contributed by atoms with E-state index in [2.05, 4.69) is 30.9 Å². The molecule has 1 aromatic rings. The van der Waals surface area contributed by atoms with Gasteiger partial charge in [0.25, 0.3) is 0 Å². The van der Waals surface area contributed by atoms with E-state index >= 15 is 0 Å². The van der Waals surface area contributed by atoms with Crippen molar-refractivity contribution in [2.24, 2.45) is 22.7 Å². The molecule has 198 valence electrons. The van der Waals surface area contributed by atoms with Crippen LogP contribution < -0.4 is 0 Å². The third kappa shape index (κ3) is 3.56. The number of fused-ring (bicyclic) bond motifs is 3. The van der Waals surface area contributed by atoms with Gasteiger partial charge in [-0.05, 0) is 106 Å². The Hall–Kier alpha value is -1.14. The largest absolute Gasteiger partial charge is 0.472 e. The summed E-state index contributed by atoms with van der Waals surface area (Å²) >= 11 is 0. The normalized spacial score (nSPS) is 45.5. The van der Waals surface area contributed by atoms with Crippen LogP contribution in [0.25, 0.3) is 0 Å². The van der Waals surface area contributed by atoms with Crippen molar-refractivity contribution < 1.29 is 18.6 Å². The second-order valence-corrected chi connectivity index (χ2v) is 13.2. The van der Waals surface area contributed by atoms with Gasteiger partial charge in [-0.25, -0.2) is 0 Å². The van der Waals surface area contributed by atoms with Crippen LogP contribution in [0, 0.1) is 22.7 Å². The van der Waals surface area contributed by atoms with Crippen molar-refractivity contribution in [1.29, 1.82) is 0 Å². The number of allylic oxidation sites excluding steroid dienone is 1. The summed E-state index contributed by atoms with van der Waals surface area (Å²) in [6.45, 7) is 11.0. The quantitative estimate of drug-likeness (QED) is 0.253. The van der Waals surface area contributed by atoms with E-state index in [1.807, 2.05) is 12.5 Å². The van der Waals surface area contributed by atoms with Crippen molar-refractivity contribution in [3.63, 3.8) is 0 Å². The van der Waals surface area contributed by atoms with Crippen LogP contribution >= 0.6 is 0 Å². The maximum atomic E-state index is 6.71. The highest BCUT2D eigenvalue weighted by Gasteiger charge is 2.80. The van der Waals surface area contributed by atoms with Gasteiger partial charge >= 0.3 is 0 Å². The molecule has 5 fully saturated rings. The maximum Gasteiger partial charge on any atom is 0.104 e. The molecule has 0 aromatic carbocycles. The Morgan fingerprint density at radius 1 is 1.06 bits per heavy atom. The van der Waals surface area contributed by atoms with Gasteiger partial charge in [0.1, 0.15) is 5.60 Å². The first kappa shape index (κ1) is 23.9. The zero-order chi connectivity index (χ0) is 24.4. The fourth-order valence-electron chi connectivity index (χ4n) is 9.76. The molecule has 3 heterocycles. The second kappa shape index (κ2) is 8.97. The van der Waals surface area contributed by atoms with Crippen molar-refractivity contribution in [2.75, 3.05) is 39.5 Å². The molecule has 5 nitrogen and oxygen atoms in total. The highest BCUT2D eigenvalue weighted by atomic mass is 16.6. The molecule has 36 heavy (non-hydrogen) atoms. The van der Waals surface area contributed by atoms with Crippen LogP contribution in [0.3, 0.4) is 0 Å². The predicted molar refractivity (Wildman–Crippen MR) is 139 cm³/mol. The van der Waals surface area contributed by atoms with Crippen molar-refractivity contribution in [3.05, 3.63) is 35.8 Å². The van der Waals surface area contributed by atoms with Gasteiger partial charge in [-0.2, -0.15) is 0 Å². The van der Waals surface area contributed by atoms with Gasteiger partial charge in [0.2, 0.25) is 0 Å². The molecule has 4 aliphatic carbocycles. The SMILES string of the molecule is C[C@]12CCC(OCCOCCN3CCCC3)CC1=CC[C@@H]1[C@H]2CC[C@]2(C)C(c3ccoc3)CC3O[C@]312. The number of furan rings is 1. The summed E-state index contributed by atoms with van der Waals surface area (Å²) in [5.74, 6) is 1.98. The molecule has 8 atom stereocenters. The van der Waals surface area contributed by atoms with E-state index in [0.29, 0.717) is 29.5 Å². The van der Waals surface area contributed by atoms with Gasteiger partial charge < -0.3 is 23.5 Å². The molecule has 2 saturated heterocycles. The summed E-state index contributed by atoms with van der Waals surface area (Å²) in [5, 5.41) is 0. The number of hydrogen-bond acceptors (Lipinski definition) is 5. The van der Waals surface area contributed by atoms with Crippen molar-refractivity contribution in [3.8, 4) is 0 Å². The number of hydrogen-bond donors (Lipinski definition) is 0. The number of ether oxygens (including phenoxy) is 3. The second-order valence-electron chi connectivity index (χ2n) is 13.2. The number of nitrogens with zero attached hydrogens (tertiary/aromatic N) is 1. The Balaban J connectivity index is 0.972. The molecule has 3 unspecified atom stereocenters. The van der Waals surface area contributed by atoms with E-state index in [0.717, 1.165) is 38.7 Å². The number of rotatable bonds is 8. The molecule has 1 spiro atoms. The van der Waals surface area contributed by atoms with E-state index in [4.69, 9.17) is 18.6 Å². The Morgan fingerprint density at radius 3 is 2.78 bits per heavy atom. The van der Waals surface area contributed by atoms with Crippen molar-refractivity contribution >= 4 is 0 Å². The molecule has 1 aromatic heterocycles. The smallest absolute Gasteiger partial charge is 0.104 e. The van der Waals surface area contributed by atoms with Gasteiger partial charge in [-0.3, -0.25) is 0 Å². The predicted octanol–water partition coefficient (Wildman–Crippen LogP) is 5.95. The lowest BCUT2D eigenvalue weighted by Gasteiger charge is -2.58. The van der Waals surface area contributed by atoms with E-state index in [-0.39, 0.29) is 11.0 Å². The van der Waals surface area contributed by atoms with E-state index in [1.54, 1.807) is 5.57 Å². The van der Waals surface area contributed by atoms with Crippen LogP contribution in [0.1, 0.15) is 83.1 Å². The highest BCUT2D eigenvalue weighted by Crippen LogP contribution is 2.77. The summed E-state index contributed by atoms with van der Waals surface area (Å²) in [7, 11) is 0. The fourth-order valence-corrected chi connectivity index (χ4v) is 9.76. The van der Waals surface area contributed by atoms with Crippen LogP contribution in [-0.2, 0) is 14.2 Å². The Kier molecular flexibility index (Phi) is 5.96. The van der Waals surface area contributed by atoms with Crippen molar-refractivity contribution in [2.45, 2.75) is 95.4 Å². The maximum absolute atomic E-state index is 6.71. The third-order valence-electron chi connectivity index (χ3n) is 11.8. The summed E-state index contributed by atoms with van der Waals surface area (Å²) in [5.41, 5.74) is 3.70. The summed E-state index contributed by atoms with van der Waals surface area (Å²) in [6, 6.07) is 2.19. The average Bonchev–Trinajstić information content (AvgIpc) is 3.29. The number of likely N-dealkylation sites (tertiary alicyclic amines) is 1. The third-order valence-corrected chi connectivity index (χ3v) is 11.8. The Morgan fingerprint density at radius 2 is 1.94 bits per heavy atom. The van der Waals surface area contributed by atoms with Gasteiger partial charge in [-0.1, -0.05) is 25.5 Å². The summed E-state index contributed by atoms with van der Waals surface area (Å²) in [4.78, 5) is 2.51. The minimum Gasteiger partial charge on any atom is -0.472 e. The van der Waals surface area contributed by atoms with Crippen LogP contribution in [0.15, 0.2) is 34.7 Å². The van der Waals surface area contributed by atoms with Crippen LogP contribution in [0.2, 0.25) is 0 Å². The van der Waals surface area contributed by atoms with Crippen LogP contribution in [0.5, 0.6) is 0 Å². The Labute approximate surface area is 216 Å². The number of epoxide rings is 1. The minimum atomic E-state index is 0.0860. The Bertz CT molecular complexity index is 969. The first-order chi connectivity index (χ1) is 17.5. The van der Waals surface area contributed by atoms with Gasteiger partial charge in [-0.15, -0.1) is 0 Å². The van der Waals surface area contributed by atoms with Gasteiger partial charge in [0, 0.05) is 12.0 Å². The molecular formula is C31H45NO4. The molecule has 0 amide bonds. The standard InChI is InChI=1S/C31H45NO4/c1-29-10-7-24(35-18-17-33-16-14-32-12-3-4-13-32)19-23(29)5-6-26-25(29)8-11-30(2)27(22-9-15-34-21-22)20-28-31(26,30)36-28/h5,9,15,21,24-28H,3-4,6-8,10-14,16-20H2,1-2H3/t24?,25-,26-,27?,28?,29+,30-,31+/m1/s1. The molecular weight excluding hydrogens is 450 g/mol. The van der Waals surface area contributed by atoms with Crippen molar-refractivity contribution in [1.82, 2.24) is 4.90 Å². The first-order valence-corrected chi connectivity index (χ1v) is 14.9.